The number of ether oxygens (including phenoxy) is 3. The van der Waals surface area contributed by atoms with Gasteiger partial charge in [0.2, 0.25) is 5.91 Å². The highest BCUT2D eigenvalue weighted by Gasteiger charge is 2.44. The minimum absolute atomic E-state index is 0.257. The first-order chi connectivity index (χ1) is 28.2. The van der Waals surface area contributed by atoms with E-state index in [0.717, 1.165) is 75.7 Å². The predicted molar refractivity (Wildman–Crippen MR) is 228 cm³/mol. The van der Waals surface area contributed by atoms with E-state index in [1.165, 1.54) is 69.8 Å². The molecule has 0 bridgehead atoms. The molecule has 11 nitrogen and oxygen atoms in total. The highest BCUT2D eigenvalue weighted by molar-refractivity contribution is 5.76. The molecule has 0 radical (unpaired) electrons. The summed E-state index contributed by atoms with van der Waals surface area (Å²) >= 11 is 0. The van der Waals surface area contributed by atoms with Crippen LogP contribution in [-0.2, 0) is 20.7 Å². The lowest BCUT2D eigenvalue weighted by molar-refractivity contribution is -0.303. The van der Waals surface area contributed by atoms with E-state index in [1.54, 1.807) is 0 Å². The fraction of sp³-hybridized carbons (Fsp3) is 0.723. The van der Waals surface area contributed by atoms with Crippen molar-refractivity contribution in [3.8, 4) is 11.5 Å². The number of carbonyl (C=O) groups is 1. The van der Waals surface area contributed by atoms with E-state index in [1.807, 2.05) is 42.5 Å². The number of rotatable bonds is 33. The molecule has 2 unspecified atom stereocenters. The van der Waals surface area contributed by atoms with Gasteiger partial charge in [-0.15, -0.1) is 0 Å². The molecule has 1 heterocycles. The normalized spacial score (nSPS) is 21.1. The largest absolute Gasteiger partial charge is 0.457 e. The topological polar surface area (TPSA) is 178 Å². The Morgan fingerprint density at radius 2 is 1.21 bits per heavy atom. The third-order valence-corrected chi connectivity index (χ3v) is 11.3. The third kappa shape index (κ3) is 20.1. The number of hydrogen-bond donors (Lipinski definition) is 7. The lowest BCUT2D eigenvalue weighted by Crippen LogP contribution is -2.60. The molecular weight excluding hydrogens is 739 g/mol. The molecule has 330 valence electrons. The van der Waals surface area contributed by atoms with Crippen molar-refractivity contribution in [3.63, 3.8) is 0 Å². The number of amides is 1. The quantitative estimate of drug-likeness (QED) is 0.0354. The zero-order valence-electron chi connectivity index (χ0n) is 35.3. The average molecular weight is 816 g/mol. The standard InChI is InChI=1S/C47H77NO10/c1-2-3-4-5-6-7-8-9-10-14-17-23-28-40(50)43(52)39(35-56-47-46(55)45(54)44(53)41(34-49)58-47)48-42(51)29-24-18-15-12-11-13-16-20-25-36-30-32-38(33-31-36)57-37-26-21-19-22-27-37/h19,21-22,26-27,30-33,39-41,43-47,49-50,52-55H,2-18,20,23-25,28-29,34-35H2,1H3,(H,48,51)/t39-,40+,41?,43-,44-,45-,46?,47-/m0/s1. The van der Waals surface area contributed by atoms with Crippen LogP contribution in [0.25, 0.3) is 0 Å². The van der Waals surface area contributed by atoms with E-state index < -0.39 is 55.6 Å². The van der Waals surface area contributed by atoms with Crippen LogP contribution in [0.4, 0.5) is 0 Å². The molecule has 1 aliphatic heterocycles. The smallest absolute Gasteiger partial charge is 0.220 e. The van der Waals surface area contributed by atoms with Crippen molar-refractivity contribution in [1.29, 1.82) is 0 Å². The van der Waals surface area contributed by atoms with Gasteiger partial charge in [0.05, 0.1) is 25.4 Å². The van der Waals surface area contributed by atoms with Gasteiger partial charge in [0.15, 0.2) is 6.29 Å². The second kappa shape index (κ2) is 30.4. The number of aliphatic hydroxyl groups is 6. The van der Waals surface area contributed by atoms with Gasteiger partial charge in [-0.1, -0.05) is 153 Å². The van der Waals surface area contributed by atoms with Crippen molar-refractivity contribution in [2.75, 3.05) is 13.2 Å². The molecular formula is C47H77NO10. The predicted octanol–water partition coefficient (Wildman–Crippen LogP) is 7.65. The van der Waals surface area contributed by atoms with Gasteiger partial charge in [0.1, 0.15) is 42.0 Å². The Kier molecular flexibility index (Phi) is 26.1. The molecule has 1 aliphatic rings. The third-order valence-electron chi connectivity index (χ3n) is 11.3. The second-order valence-electron chi connectivity index (χ2n) is 16.3. The van der Waals surface area contributed by atoms with Crippen LogP contribution in [0.5, 0.6) is 11.5 Å². The molecule has 7 N–H and O–H groups in total. The number of unbranched alkanes of at least 4 members (excludes halogenated alkanes) is 18. The summed E-state index contributed by atoms with van der Waals surface area (Å²) in [4.78, 5) is 13.0. The summed E-state index contributed by atoms with van der Waals surface area (Å²) in [6, 6.07) is 17.1. The molecule has 1 saturated heterocycles. The summed E-state index contributed by atoms with van der Waals surface area (Å²) in [5, 5.41) is 65.2. The van der Waals surface area contributed by atoms with Crippen molar-refractivity contribution >= 4 is 5.91 Å². The first-order valence-electron chi connectivity index (χ1n) is 22.6. The number of nitrogens with one attached hydrogen (secondary N) is 1. The Balaban J connectivity index is 1.32. The monoisotopic (exact) mass is 816 g/mol. The summed E-state index contributed by atoms with van der Waals surface area (Å²) in [7, 11) is 0. The number of carbonyl (C=O) groups excluding carboxylic acids is 1. The number of aliphatic hydroxyl groups excluding tert-OH is 6. The Morgan fingerprint density at radius 1 is 0.672 bits per heavy atom. The summed E-state index contributed by atoms with van der Waals surface area (Å²) in [6.45, 7) is 1.31. The first kappa shape index (κ1) is 49.8. The van der Waals surface area contributed by atoms with Crippen LogP contribution in [0.2, 0.25) is 0 Å². The lowest BCUT2D eigenvalue weighted by atomic mass is 9.98. The molecule has 2 aromatic carbocycles. The molecule has 8 atom stereocenters. The summed E-state index contributed by atoms with van der Waals surface area (Å²) in [6.07, 6.45) is 14.5. The fourth-order valence-corrected chi connectivity index (χ4v) is 7.57. The Labute approximate surface area is 348 Å². The van der Waals surface area contributed by atoms with Crippen molar-refractivity contribution < 1.29 is 49.6 Å². The van der Waals surface area contributed by atoms with Gasteiger partial charge in [0, 0.05) is 6.42 Å². The second-order valence-corrected chi connectivity index (χ2v) is 16.3. The van der Waals surface area contributed by atoms with Crippen LogP contribution >= 0.6 is 0 Å². The van der Waals surface area contributed by atoms with Crippen molar-refractivity contribution in [2.45, 2.75) is 204 Å². The zero-order chi connectivity index (χ0) is 41.8. The van der Waals surface area contributed by atoms with Gasteiger partial charge >= 0.3 is 0 Å². The number of benzene rings is 2. The van der Waals surface area contributed by atoms with E-state index in [9.17, 15) is 35.4 Å². The van der Waals surface area contributed by atoms with Crippen LogP contribution < -0.4 is 10.1 Å². The van der Waals surface area contributed by atoms with Crippen LogP contribution in [0.3, 0.4) is 0 Å². The van der Waals surface area contributed by atoms with Gasteiger partial charge in [0.25, 0.3) is 0 Å². The molecule has 0 aromatic heterocycles. The van der Waals surface area contributed by atoms with E-state index >= 15 is 0 Å². The molecule has 0 spiro atoms. The first-order valence-corrected chi connectivity index (χ1v) is 22.6. The average Bonchev–Trinajstić information content (AvgIpc) is 3.23. The van der Waals surface area contributed by atoms with Crippen molar-refractivity contribution in [2.24, 2.45) is 0 Å². The van der Waals surface area contributed by atoms with Gasteiger partial charge < -0.3 is 50.2 Å². The number of aryl methyl sites for hydroxylation is 1. The van der Waals surface area contributed by atoms with Gasteiger partial charge in [-0.3, -0.25) is 4.79 Å². The highest BCUT2D eigenvalue weighted by atomic mass is 16.7. The van der Waals surface area contributed by atoms with Crippen LogP contribution in [0.15, 0.2) is 54.6 Å². The molecule has 11 heteroatoms. The van der Waals surface area contributed by atoms with Crippen LogP contribution in [-0.4, -0.2) is 98.7 Å². The minimum Gasteiger partial charge on any atom is -0.457 e. The Hall–Kier alpha value is -2.61. The van der Waals surface area contributed by atoms with E-state index in [2.05, 4.69) is 24.4 Å². The van der Waals surface area contributed by atoms with Gasteiger partial charge in [-0.2, -0.15) is 0 Å². The van der Waals surface area contributed by atoms with Crippen molar-refractivity contribution in [1.82, 2.24) is 5.32 Å². The van der Waals surface area contributed by atoms with E-state index in [4.69, 9.17) is 14.2 Å². The number of para-hydroxylation sites is 1. The SMILES string of the molecule is CCCCCCCCCCCCCC[C@@H](O)[C@@H](O)[C@H](CO[C@H]1OC(CO)[C@H](O)[C@H](O)C1O)NC(=O)CCCCCCCCCCc1ccc(Oc2ccccc2)cc1. The molecule has 1 fully saturated rings. The minimum atomic E-state index is -1.62. The van der Waals surface area contributed by atoms with Crippen LogP contribution in [0.1, 0.15) is 154 Å². The molecule has 0 aliphatic carbocycles. The Morgan fingerprint density at radius 3 is 1.79 bits per heavy atom. The maximum Gasteiger partial charge on any atom is 0.220 e. The lowest BCUT2D eigenvalue weighted by Gasteiger charge is -2.40. The van der Waals surface area contributed by atoms with Crippen molar-refractivity contribution in [3.05, 3.63) is 60.2 Å². The number of hydrogen-bond acceptors (Lipinski definition) is 10. The van der Waals surface area contributed by atoms with Gasteiger partial charge in [-0.25, -0.2) is 0 Å². The van der Waals surface area contributed by atoms with E-state index in [0.29, 0.717) is 12.8 Å². The zero-order valence-corrected chi connectivity index (χ0v) is 35.3. The summed E-state index contributed by atoms with van der Waals surface area (Å²) < 4.78 is 17.0. The fourth-order valence-electron chi connectivity index (χ4n) is 7.57. The summed E-state index contributed by atoms with van der Waals surface area (Å²) in [5.74, 6) is 1.39. The molecule has 1 amide bonds. The van der Waals surface area contributed by atoms with E-state index in [-0.39, 0.29) is 18.9 Å². The molecule has 0 saturated carbocycles. The molecule has 58 heavy (non-hydrogen) atoms. The molecule has 3 rings (SSSR count). The summed E-state index contributed by atoms with van der Waals surface area (Å²) in [5.41, 5.74) is 1.31. The molecule has 2 aromatic rings. The highest BCUT2D eigenvalue weighted by Crippen LogP contribution is 2.24. The van der Waals surface area contributed by atoms with Crippen LogP contribution in [0, 0.1) is 0 Å². The maximum atomic E-state index is 13.0. The maximum absolute atomic E-state index is 13.0. The van der Waals surface area contributed by atoms with Gasteiger partial charge in [-0.05, 0) is 55.5 Å². The Bertz CT molecular complexity index is 1300.